The van der Waals surface area contributed by atoms with E-state index in [0.717, 1.165) is 16.1 Å². The lowest BCUT2D eigenvalue weighted by molar-refractivity contribution is -0.116. The summed E-state index contributed by atoms with van der Waals surface area (Å²) >= 11 is 1.48. The van der Waals surface area contributed by atoms with E-state index in [4.69, 9.17) is 0 Å². The Hall–Kier alpha value is -2.33. The van der Waals surface area contributed by atoms with Crippen LogP contribution in [0.15, 0.2) is 59.5 Å². The van der Waals surface area contributed by atoms with Crippen molar-refractivity contribution in [1.29, 1.82) is 0 Å². The molecule has 0 spiro atoms. The third kappa shape index (κ3) is 2.97. The highest BCUT2D eigenvalue weighted by Crippen LogP contribution is 2.35. The first kappa shape index (κ1) is 14.6. The van der Waals surface area contributed by atoms with Gasteiger partial charge in [0.1, 0.15) is 0 Å². The van der Waals surface area contributed by atoms with Gasteiger partial charge in [0.25, 0.3) is 0 Å². The van der Waals surface area contributed by atoms with Crippen LogP contribution in [0, 0.1) is 0 Å². The molecule has 2 aromatic carbocycles. The number of fused-ring (bicyclic) bond motifs is 1. The number of amides is 1. The Bertz CT molecular complexity index is 753. The van der Waals surface area contributed by atoms with E-state index in [1.807, 2.05) is 48.5 Å². The van der Waals surface area contributed by atoms with Crippen LogP contribution in [-0.2, 0) is 4.79 Å². The zero-order valence-corrected chi connectivity index (χ0v) is 13.0. The molecule has 0 unspecified atom stereocenters. The third-order valence-corrected chi connectivity index (χ3v) is 4.59. The minimum absolute atomic E-state index is 0.0354. The van der Waals surface area contributed by atoms with Gasteiger partial charge in [-0.25, -0.2) is 0 Å². The Morgan fingerprint density at radius 3 is 2.73 bits per heavy atom. The number of carbonyl (C=O) groups excluding carboxylic acids is 2. The molecule has 0 aromatic heterocycles. The molecule has 1 amide bonds. The number of allylic oxidation sites excluding steroid dienone is 1. The number of thioether (sulfide) groups is 1. The maximum Gasteiger partial charge on any atom is 0.237 e. The molecule has 22 heavy (non-hydrogen) atoms. The molecular formula is C18H15NO2S. The number of carbonyl (C=O) groups is 2. The lowest BCUT2D eigenvalue weighted by atomic mass is 10.1. The summed E-state index contributed by atoms with van der Waals surface area (Å²) in [4.78, 5) is 26.5. The summed E-state index contributed by atoms with van der Waals surface area (Å²) in [6.07, 6.45) is 3.39. The molecule has 1 aliphatic rings. The predicted octanol–water partition coefficient (Wildman–Crippen LogP) is 3.65. The molecule has 0 aliphatic carbocycles. The number of hydrogen-bond acceptors (Lipinski definition) is 3. The zero-order valence-electron chi connectivity index (χ0n) is 12.2. The van der Waals surface area contributed by atoms with Gasteiger partial charge in [-0.15, -0.1) is 11.8 Å². The molecule has 110 valence electrons. The van der Waals surface area contributed by atoms with E-state index in [9.17, 15) is 9.59 Å². The fourth-order valence-corrected chi connectivity index (χ4v) is 3.30. The van der Waals surface area contributed by atoms with E-state index in [0.29, 0.717) is 11.3 Å². The number of benzene rings is 2. The second-order valence-corrected chi connectivity index (χ2v) is 6.05. The van der Waals surface area contributed by atoms with E-state index in [1.54, 1.807) is 24.1 Å². The molecule has 1 aliphatic heterocycles. The van der Waals surface area contributed by atoms with Crippen molar-refractivity contribution in [2.75, 3.05) is 17.7 Å². The zero-order chi connectivity index (χ0) is 15.5. The third-order valence-electron chi connectivity index (χ3n) is 3.56. The van der Waals surface area contributed by atoms with Crippen LogP contribution in [0.2, 0.25) is 0 Å². The van der Waals surface area contributed by atoms with E-state index >= 15 is 0 Å². The first-order valence-corrected chi connectivity index (χ1v) is 7.94. The van der Waals surface area contributed by atoms with Crippen molar-refractivity contribution >= 4 is 35.2 Å². The van der Waals surface area contributed by atoms with Gasteiger partial charge < -0.3 is 4.90 Å². The molecule has 3 rings (SSSR count). The fourth-order valence-electron chi connectivity index (χ4n) is 2.26. The van der Waals surface area contributed by atoms with Gasteiger partial charge in [0.2, 0.25) is 5.91 Å². The monoisotopic (exact) mass is 309 g/mol. The van der Waals surface area contributed by atoms with Crippen LogP contribution in [0.25, 0.3) is 6.08 Å². The van der Waals surface area contributed by atoms with E-state index < -0.39 is 0 Å². The molecule has 0 radical (unpaired) electrons. The van der Waals surface area contributed by atoms with Crippen molar-refractivity contribution in [2.45, 2.75) is 4.90 Å². The van der Waals surface area contributed by atoms with Gasteiger partial charge in [0.15, 0.2) is 5.78 Å². The highest BCUT2D eigenvalue weighted by Gasteiger charge is 2.22. The van der Waals surface area contributed by atoms with Crippen LogP contribution in [0.3, 0.4) is 0 Å². The molecule has 1 heterocycles. The first-order chi connectivity index (χ1) is 10.6. The van der Waals surface area contributed by atoms with Crippen molar-refractivity contribution in [3.8, 4) is 0 Å². The average Bonchev–Trinajstić information content (AvgIpc) is 2.56. The average molecular weight is 309 g/mol. The summed E-state index contributed by atoms with van der Waals surface area (Å²) in [5.41, 5.74) is 2.50. The molecule has 0 saturated heterocycles. The number of hydrogen-bond donors (Lipinski definition) is 0. The summed E-state index contributed by atoms with van der Waals surface area (Å²) in [6, 6.07) is 15.2. The van der Waals surface area contributed by atoms with Gasteiger partial charge in [-0.3, -0.25) is 9.59 Å². The molecule has 0 saturated carbocycles. The maximum absolute atomic E-state index is 12.3. The molecule has 4 heteroatoms. The van der Waals surface area contributed by atoms with Gasteiger partial charge in [-0.05, 0) is 29.8 Å². The van der Waals surface area contributed by atoms with Crippen molar-refractivity contribution in [3.63, 3.8) is 0 Å². The molecular weight excluding hydrogens is 294 g/mol. The lowest BCUT2D eigenvalue weighted by Gasteiger charge is -2.25. The van der Waals surface area contributed by atoms with Crippen LogP contribution in [0.4, 0.5) is 5.69 Å². The number of nitrogens with zero attached hydrogens (tertiary/aromatic N) is 1. The smallest absolute Gasteiger partial charge is 0.237 e. The number of rotatable bonds is 3. The first-order valence-electron chi connectivity index (χ1n) is 6.96. The molecule has 0 N–H and O–H groups in total. The van der Waals surface area contributed by atoms with Crippen molar-refractivity contribution in [1.82, 2.24) is 0 Å². The van der Waals surface area contributed by atoms with Crippen LogP contribution in [0.5, 0.6) is 0 Å². The van der Waals surface area contributed by atoms with Crippen molar-refractivity contribution < 1.29 is 9.59 Å². The summed E-state index contributed by atoms with van der Waals surface area (Å²) < 4.78 is 0. The number of ketones is 1. The van der Waals surface area contributed by atoms with Crippen LogP contribution < -0.4 is 4.90 Å². The van der Waals surface area contributed by atoms with Crippen LogP contribution in [0.1, 0.15) is 15.9 Å². The summed E-state index contributed by atoms with van der Waals surface area (Å²) in [6.45, 7) is 0. The van der Waals surface area contributed by atoms with Gasteiger partial charge in [-0.1, -0.05) is 36.4 Å². The van der Waals surface area contributed by atoms with Gasteiger partial charge in [0, 0.05) is 17.5 Å². The van der Waals surface area contributed by atoms with Crippen LogP contribution in [-0.4, -0.2) is 24.5 Å². The van der Waals surface area contributed by atoms with E-state index in [2.05, 4.69) is 0 Å². The topological polar surface area (TPSA) is 37.4 Å². The van der Waals surface area contributed by atoms with E-state index in [-0.39, 0.29) is 11.7 Å². The Labute approximate surface area is 133 Å². The minimum atomic E-state index is -0.0354. The van der Waals surface area contributed by atoms with E-state index in [1.165, 1.54) is 11.8 Å². The second kappa shape index (κ2) is 6.20. The molecule has 0 atom stereocenters. The Balaban J connectivity index is 1.82. The Kier molecular flexibility index (Phi) is 4.11. The highest BCUT2D eigenvalue weighted by molar-refractivity contribution is 8.00. The second-order valence-electron chi connectivity index (χ2n) is 5.03. The summed E-state index contributed by atoms with van der Waals surface area (Å²) in [5, 5.41) is 0. The van der Waals surface area contributed by atoms with Gasteiger partial charge in [0.05, 0.1) is 11.4 Å². The normalized spacial score (nSPS) is 14.2. The maximum atomic E-state index is 12.3. The van der Waals surface area contributed by atoms with Gasteiger partial charge >= 0.3 is 0 Å². The quantitative estimate of drug-likeness (QED) is 0.641. The van der Waals surface area contributed by atoms with Crippen LogP contribution >= 0.6 is 11.8 Å². The summed E-state index contributed by atoms with van der Waals surface area (Å²) in [7, 11) is 1.76. The van der Waals surface area contributed by atoms with Crippen molar-refractivity contribution in [2.24, 2.45) is 0 Å². The largest absolute Gasteiger partial charge is 0.314 e. The SMILES string of the molecule is CN1C(=O)CSc2cc(C(=O)C=Cc3ccccc3)ccc21. The molecule has 3 nitrogen and oxygen atoms in total. The highest BCUT2D eigenvalue weighted by atomic mass is 32.2. The minimum Gasteiger partial charge on any atom is -0.314 e. The molecule has 0 bridgehead atoms. The Morgan fingerprint density at radius 2 is 1.95 bits per heavy atom. The number of anilines is 1. The van der Waals surface area contributed by atoms with Gasteiger partial charge in [-0.2, -0.15) is 0 Å². The lowest BCUT2D eigenvalue weighted by Crippen LogP contribution is -2.31. The predicted molar refractivity (Wildman–Crippen MR) is 90.4 cm³/mol. The standard InChI is InChI=1S/C18H15NO2S/c1-19-15-9-8-14(11-17(15)22-12-18(19)21)16(20)10-7-13-5-3-2-4-6-13/h2-11H,12H2,1H3. The van der Waals surface area contributed by atoms with Crippen molar-refractivity contribution in [3.05, 3.63) is 65.7 Å². The molecule has 0 fully saturated rings. The molecule has 2 aromatic rings. The Morgan fingerprint density at radius 1 is 1.18 bits per heavy atom. The summed E-state index contributed by atoms with van der Waals surface area (Å²) in [5.74, 6) is 0.466. The fraction of sp³-hybridized carbons (Fsp3) is 0.111.